The van der Waals surface area contributed by atoms with Crippen LogP contribution in [0.4, 0.5) is 10.2 Å². The van der Waals surface area contributed by atoms with E-state index in [-0.39, 0.29) is 23.7 Å². The van der Waals surface area contributed by atoms with E-state index < -0.39 is 8.07 Å². The maximum Gasteiger partial charge on any atom is 0.306 e. The molecule has 1 heterocycles. The first-order chi connectivity index (χ1) is 13.8. The Labute approximate surface area is 172 Å². The van der Waals surface area contributed by atoms with E-state index in [1.165, 1.54) is 23.4 Å². The van der Waals surface area contributed by atoms with Crippen LogP contribution in [0.2, 0.25) is 19.6 Å². The van der Waals surface area contributed by atoms with E-state index in [0.29, 0.717) is 6.42 Å². The molecule has 2 atom stereocenters. The standard InChI is InChI=1S/C23H29FN2O2Si/c1-28-22(27)12-15-6-5-14-11-21(25-13-17(14)15)26-19-9-7-16-20(29(2,3)4)10-8-18(24)23(16)19/h8,10-11,13,15,19H,5-7,9,12H2,1-4H3,(H,25,26)/t15-,19+/m0/s1. The van der Waals surface area contributed by atoms with Crippen LogP contribution in [0.1, 0.15) is 53.5 Å². The fourth-order valence-electron chi connectivity index (χ4n) is 4.89. The molecule has 0 fully saturated rings. The number of methoxy groups -OCH3 is 1. The van der Waals surface area contributed by atoms with E-state index in [2.05, 4.69) is 36.0 Å². The normalized spacial score (nSPS) is 20.3. The van der Waals surface area contributed by atoms with Crippen molar-refractivity contribution in [2.75, 3.05) is 12.4 Å². The molecule has 154 valence electrons. The number of anilines is 1. The fraction of sp³-hybridized carbons (Fsp3) is 0.478. The summed E-state index contributed by atoms with van der Waals surface area (Å²) in [5.74, 6) is 0.679. The Bertz CT molecular complexity index is 955. The van der Waals surface area contributed by atoms with Crippen LogP contribution in [-0.2, 0) is 22.4 Å². The van der Waals surface area contributed by atoms with Gasteiger partial charge in [-0.15, -0.1) is 0 Å². The first kappa shape index (κ1) is 20.1. The van der Waals surface area contributed by atoms with Crippen molar-refractivity contribution >= 4 is 25.0 Å². The summed E-state index contributed by atoms with van der Waals surface area (Å²) in [6.07, 6.45) is 5.95. The third kappa shape index (κ3) is 3.82. The molecule has 29 heavy (non-hydrogen) atoms. The van der Waals surface area contributed by atoms with Gasteiger partial charge in [0.15, 0.2) is 0 Å². The lowest BCUT2D eigenvalue weighted by Gasteiger charge is -2.22. The van der Waals surface area contributed by atoms with Crippen molar-refractivity contribution in [3.63, 3.8) is 0 Å². The minimum Gasteiger partial charge on any atom is -0.469 e. The second-order valence-corrected chi connectivity index (χ2v) is 14.3. The van der Waals surface area contributed by atoms with Crippen LogP contribution >= 0.6 is 0 Å². The number of aryl methyl sites for hydroxylation is 1. The number of pyridine rings is 1. The number of ether oxygens (including phenoxy) is 1. The largest absolute Gasteiger partial charge is 0.469 e. The van der Waals surface area contributed by atoms with Crippen LogP contribution in [0.5, 0.6) is 0 Å². The molecule has 4 nitrogen and oxygen atoms in total. The van der Waals surface area contributed by atoms with Crippen LogP contribution in [0.25, 0.3) is 0 Å². The summed E-state index contributed by atoms with van der Waals surface area (Å²) in [5.41, 5.74) is 4.41. The SMILES string of the molecule is COC(=O)C[C@@H]1CCc2cc(N[C@@H]3CCc4c([Si](C)(C)C)ccc(F)c43)ncc21. The molecule has 1 aromatic heterocycles. The third-order valence-corrected chi connectivity index (χ3v) is 8.42. The first-order valence-electron chi connectivity index (χ1n) is 10.4. The Morgan fingerprint density at radius 1 is 1.28 bits per heavy atom. The molecule has 2 aliphatic carbocycles. The average molecular weight is 413 g/mol. The number of aromatic nitrogens is 1. The lowest BCUT2D eigenvalue weighted by atomic mass is 9.99. The lowest BCUT2D eigenvalue weighted by Crippen LogP contribution is -2.40. The summed E-state index contributed by atoms with van der Waals surface area (Å²) in [4.78, 5) is 16.2. The number of nitrogens with zero attached hydrogens (tertiary/aromatic N) is 1. The summed E-state index contributed by atoms with van der Waals surface area (Å²) in [7, 11) is -0.0949. The van der Waals surface area contributed by atoms with Crippen molar-refractivity contribution in [1.82, 2.24) is 4.98 Å². The highest BCUT2D eigenvalue weighted by Gasteiger charge is 2.32. The Morgan fingerprint density at radius 3 is 2.79 bits per heavy atom. The fourth-order valence-corrected chi connectivity index (χ4v) is 6.64. The van der Waals surface area contributed by atoms with Crippen LogP contribution in [0, 0.1) is 5.82 Å². The summed E-state index contributed by atoms with van der Waals surface area (Å²) in [6, 6.07) is 5.67. The van der Waals surface area contributed by atoms with Crippen molar-refractivity contribution in [2.24, 2.45) is 0 Å². The van der Waals surface area contributed by atoms with Gasteiger partial charge in [-0.3, -0.25) is 4.79 Å². The Hall–Kier alpha value is -2.21. The van der Waals surface area contributed by atoms with E-state index in [0.717, 1.165) is 42.6 Å². The lowest BCUT2D eigenvalue weighted by molar-refractivity contribution is -0.141. The first-order valence-corrected chi connectivity index (χ1v) is 13.9. The number of carbonyl (C=O) groups is 1. The van der Waals surface area contributed by atoms with Gasteiger partial charge in [0.25, 0.3) is 0 Å². The second-order valence-electron chi connectivity index (χ2n) is 9.26. The van der Waals surface area contributed by atoms with E-state index in [4.69, 9.17) is 4.74 Å². The number of carbonyl (C=O) groups excluding carboxylic acids is 1. The van der Waals surface area contributed by atoms with Gasteiger partial charge < -0.3 is 10.1 Å². The van der Waals surface area contributed by atoms with Gasteiger partial charge in [-0.05, 0) is 60.4 Å². The molecule has 0 saturated heterocycles. The number of hydrogen-bond acceptors (Lipinski definition) is 4. The zero-order valence-corrected chi connectivity index (χ0v) is 18.6. The summed E-state index contributed by atoms with van der Waals surface area (Å²) in [6.45, 7) is 6.94. The highest BCUT2D eigenvalue weighted by atomic mass is 28.3. The van der Waals surface area contributed by atoms with Crippen LogP contribution in [0.3, 0.4) is 0 Å². The van der Waals surface area contributed by atoms with Gasteiger partial charge in [0.1, 0.15) is 11.6 Å². The second kappa shape index (κ2) is 7.56. The Balaban J connectivity index is 1.57. The number of hydrogen-bond donors (Lipinski definition) is 1. The van der Waals surface area contributed by atoms with E-state index in [1.54, 1.807) is 6.07 Å². The topological polar surface area (TPSA) is 51.2 Å². The molecule has 6 heteroatoms. The molecular formula is C23H29FN2O2Si. The predicted molar refractivity (Wildman–Crippen MR) is 116 cm³/mol. The number of esters is 1. The van der Waals surface area contributed by atoms with Crippen molar-refractivity contribution in [1.29, 1.82) is 0 Å². The molecule has 2 aromatic rings. The number of fused-ring (bicyclic) bond motifs is 2. The molecule has 0 spiro atoms. The Kier molecular flexibility index (Phi) is 5.23. The third-order valence-electron chi connectivity index (χ3n) is 6.33. The van der Waals surface area contributed by atoms with Crippen molar-refractivity contribution in [3.05, 3.63) is 52.5 Å². The molecule has 1 aromatic carbocycles. The van der Waals surface area contributed by atoms with Gasteiger partial charge in [0, 0.05) is 11.8 Å². The van der Waals surface area contributed by atoms with Crippen molar-refractivity contribution in [2.45, 2.75) is 63.7 Å². The van der Waals surface area contributed by atoms with Gasteiger partial charge in [0.2, 0.25) is 0 Å². The number of halogens is 1. The van der Waals surface area contributed by atoms with E-state index >= 15 is 0 Å². The molecule has 0 aliphatic heterocycles. The minimum absolute atomic E-state index is 0.0425. The maximum absolute atomic E-state index is 14.7. The summed E-state index contributed by atoms with van der Waals surface area (Å²) in [5, 5.41) is 4.85. The van der Waals surface area contributed by atoms with Gasteiger partial charge >= 0.3 is 5.97 Å². The van der Waals surface area contributed by atoms with Crippen LogP contribution < -0.4 is 10.5 Å². The van der Waals surface area contributed by atoms with Gasteiger partial charge in [0.05, 0.1) is 27.6 Å². The molecule has 0 saturated carbocycles. The van der Waals surface area contributed by atoms with Gasteiger partial charge in [-0.1, -0.05) is 30.9 Å². The number of benzene rings is 1. The highest BCUT2D eigenvalue weighted by Crippen LogP contribution is 2.39. The van der Waals surface area contributed by atoms with Crippen molar-refractivity contribution in [3.8, 4) is 0 Å². The summed E-state index contributed by atoms with van der Waals surface area (Å²) >= 11 is 0. The minimum atomic E-state index is -1.52. The zero-order chi connectivity index (χ0) is 20.8. The maximum atomic E-state index is 14.7. The number of nitrogens with one attached hydrogen (secondary N) is 1. The van der Waals surface area contributed by atoms with Crippen LogP contribution in [-0.4, -0.2) is 26.1 Å². The quantitative estimate of drug-likeness (QED) is 0.582. The van der Waals surface area contributed by atoms with Crippen LogP contribution in [0.15, 0.2) is 24.4 Å². The molecule has 0 unspecified atom stereocenters. The van der Waals surface area contributed by atoms with Gasteiger partial charge in [-0.2, -0.15) is 0 Å². The molecule has 1 N–H and O–H groups in total. The molecule has 4 rings (SSSR count). The zero-order valence-electron chi connectivity index (χ0n) is 17.6. The monoisotopic (exact) mass is 412 g/mol. The highest BCUT2D eigenvalue weighted by molar-refractivity contribution is 6.89. The average Bonchev–Trinajstić information content (AvgIpc) is 3.26. The summed E-state index contributed by atoms with van der Waals surface area (Å²) < 4.78 is 19.6. The Morgan fingerprint density at radius 2 is 2.07 bits per heavy atom. The molecule has 0 radical (unpaired) electrons. The van der Waals surface area contributed by atoms with E-state index in [1.807, 2.05) is 12.3 Å². The smallest absolute Gasteiger partial charge is 0.306 e. The predicted octanol–water partition coefficient (Wildman–Crippen LogP) is 4.46. The number of rotatable bonds is 5. The molecule has 0 bridgehead atoms. The van der Waals surface area contributed by atoms with Crippen molar-refractivity contribution < 1.29 is 13.9 Å². The molecular weight excluding hydrogens is 383 g/mol. The van der Waals surface area contributed by atoms with Gasteiger partial charge in [-0.25, -0.2) is 9.37 Å². The molecule has 0 amide bonds. The van der Waals surface area contributed by atoms with E-state index in [9.17, 15) is 9.18 Å². The molecule has 2 aliphatic rings.